The molecule has 0 aliphatic rings. The summed E-state index contributed by atoms with van der Waals surface area (Å²) in [5, 5.41) is 14.3. The predicted molar refractivity (Wildman–Crippen MR) is 82.2 cm³/mol. The van der Waals surface area contributed by atoms with Crippen molar-refractivity contribution in [2.45, 2.75) is 38.6 Å². The Morgan fingerprint density at radius 1 is 1.09 bits per heavy atom. The first kappa shape index (κ1) is 17.7. The molecule has 6 heteroatoms. The van der Waals surface area contributed by atoms with E-state index in [1.165, 1.54) is 0 Å². The number of carboxylic acids is 1. The Kier molecular flexibility index (Phi) is 7.67. The third kappa shape index (κ3) is 6.88. The zero-order valence-corrected chi connectivity index (χ0v) is 12.7. The number of carboxylic acid groups (broad SMARTS) is 1. The maximum Gasteiger partial charge on any atom is 0.326 e. The van der Waals surface area contributed by atoms with E-state index in [4.69, 9.17) is 0 Å². The van der Waals surface area contributed by atoms with Gasteiger partial charge in [-0.15, -0.1) is 0 Å². The van der Waals surface area contributed by atoms with Crippen molar-refractivity contribution in [3.63, 3.8) is 0 Å². The predicted octanol–water partition coefficient (Wildman–Crippen LogP) is 1.10. The second-order valence-corrected chi connectivity index (χ2v) is 5.00. The second kappa shape index (κ2) is 9.55. The molecule has 0 spiro atoms. The molecule has 120 valence electrons. The van der Waals surface area contributed by atoms with E-state index in [0.29, 0.717) is 6.54 Å². The molecule has 0 saturated carbocycles. The average molecular weight is 306 g/mol. The van der Waals surface area contributed by atoms with Crippen LogP contribution in [0.5, 0.6) is 0 Å². The van der Waals surface area contributed by atoms with Crippen LogP contribution in [0.2, 0.25) is 0 Å². The molecule has 0 aliphatic carbocycles. The van der Waals surface area contributed by atoms with E-state index in [-0.39, 0.29) is 25.2 Å². The van der Waals surface area contributed by atoms with Gasteiger partial charge in [-0.1, -0.05) is 37.3 Å². The molecule has 2 amide bonds. The second-order valence-electron chi connectivity index (χ2n) is 5.00. The summed E-state index contributed by atoms with van der Waals surface area (Å²) in [5.74, 6) is -1.73. The van der Waals surface area contributed by atoms with Gasteiger partial charge < -0.3 is 15.7 Å². The number of carbonyl (C=O) groups is 3. The molecule has 1 aromatic carbocycles. The van der Waals surface area contributed by atoms with Crippen molar-refractivity contribution in [2.75, 3.05) is 6.54 Å². The van der Waals surface area contributed by atoms with Gasteiger partial charge in [-0.2, -0.15) is 0 Å². The lowest BCUT2D eigenvalue weighted by Gasteiger charge is -2.14. The minimum atomic E-state index is -1.09. The summed E-state index contributed by atoms with van der Waals surface area (Å²) in [6.45, 7) is 2.51. The molecule has 1 unspecified atom stereocenters. The van der Waals surface area contributed by atoms with Gasteiger partial charge in [0.05, 0.1) is 0 Å². The first-order valence-electron chi connectivity index (χ1n) is 7.35. The van der Waals surface area contributed by atoms with Gasteiger partial charge in [0, 0.05) is 25.8 Å². The zero-order chi connectivity index (χ0) is 16.4. The van der Waals surface area contributed by atoms with Crippen molar-refractivity contribution in [3.05, 3.63) is 35.9 Å². The molecule has 1 atom stereocenters. The van der Waals surface area contributed by atoms with E-state index in [1.54, 1.807) is 12.1 Å². The van der Waals surface area contributed by atoms with Crippen LogP contribution in [-0.4, -0.2) is 35.5 Å². The first-order valence-corrected chi connectivity index (χ1v) is 7.35. The number of aliphatic carboxylic acids is 1. The van der Waals surface area contributed by atoms with E-state index in [2.05, 4.69) is 10.6 Å². The molecule has 22 heavy (non-hydrogen) atoms. The lowest BCUT2D eigenvalue weighted by molar-refractivity contribution is -0.141. The van der Waals surface area contributed by atoms with E-state index in [0.717, 1.165) is 12.0 Å². The topological polar surface area (TPSA) is 95.5 Å². The fraction of sp³-hybridized carbons (Fsp3) is 0.438. The van der Waals surface area contributed by atoms with Gasteiger partial charge >= 0.3 is 5.97 Å². The van der Waals surface area contributed by atoms with Crippen molar-refractivity contribution in [2.24, 2.45) is 0 Å². The highest BCUT2D eigenvalue weighted by molar-refractivity contribution is 5.87. The quantitative estimate of drug-likeness (QED) is 0.637. The van der Waals surface area contributed by atoms with Crippen LogP contribution >= 0.6 is 0 Å². The first-order chi connectivity index (χ1) is 10.5. The van der Waals surface area contributed by atoms with Crippen LogP contribution in [-0.2, 0) is 20.8 Å². The van der Waals surface area contributed by atoms with E-state index in [9.17, 15) is 19.5 Å². The van der Waals surface area contributed by atoms with Crippen molar-refractivity contribution >= 4 is 17.8 Å². The average Bonchev–Trinajstić information content (AvgIpc) is 2.51. The van der Waals surface area contributed by atoms with Gasteiger partial charge in [-0.3, -0.25) is 9.59 Å². The van der Waals surface area contributed by atoms with Gasteiger partial charge in [-0.25, -0.2) is 4.79 Å². The van der Waals surface area contributed by atoms with Gasteiger partial charge in [0.25, 0.3) is 0 Å². The summed E-state index contributed by atoms with van der Waals surface area (Å²) < 4.78 is 0. The summed E-state index contributed by atoms with van der Waals surface area (Å²) in [6, 6.07) is 8.09. The molecule has 0 saturated heterocycles. The van der Waals surface area contributed by atoms with Crippen molar-refractivity contribution in [1.82, 2.24) is 10.6 Å². The zero-order valence-electron chi connectivity index (χ0n) is 12.7. The smallest absolute Gasteiger partial charge is 0.326 e. The Hall–Kier alpha value is -2.37. The van der Waals surface area contributed by atoms with Crippen LogP contribution in [0.1, 0.15) is 31.7 Å². The molecule has 0 aromatic heterocycles. The number of rotatable bonds is 9. The molecule has 0 radical (unpaired) electrons. The Balaban J connectivity index is 2.44. The van der Waals surface area contributed by atoms with Gasteiger partial charge in [0.1, 0.15) is 6.04 Å². The van der Waals surface area contributed by atoms with Crippen molar-refractivity contribution in [1.29, 1.82) is 0 Å². The summed E-state index contributed by atoms with van der Waals surface area (Å²) >= 11 is 0. The number of hydrogen-bond donors (Lipinski definition) is 3. The van der Waals surface area contributed by atoms with Crippen LogP contribution in [0.3, 0.4) is 0 Å². The third-order valence-electron chi connectivity index (χ3n) is 3.07. The lowest BCUT2D eigenvalue weighted by atomic mass is 10.1. The van der Waals surface area contributed by atoms with Gasteiger partial charge in [-0.05, 0) is 12.0 Å². The Labute approximate surface area is 129 Å². The van der Waals surface area contributed by atoms with Gasteiger partial charge in [0.2, 0.25) is 11.8 Å². The highest BCUT2D eigenvalue weighted by atomic mass is 16.4. The monoisotopic (exact) mass is 306 g/mol. The molecule has 1 aromatic rings. The number of amides is 2. The van der Waals surface area contributed by atoms with Crippen molar-refractivity contribution < 1.29 is 19.5 Å². The van der Waals surface area contributed by atoms with Crippen LogP contribution in [0.4, 0.5) is 0 Å². The summed E-state index contributed by atoms with van der Waals surface area (Å²) in [4.78, 5) is 34.4. The summed E-state index contributed by atoms with van der Waals surface area (Å²) in [6.07, 6.45) is 1.08. The number of nitrogens with one attached hydrogen (secondary N) is 2. The summed E-state index contributed by atoms with van der Waals surface area (Å²) in [7, 11) is 0. The Bertz CT molecular complexity index is 502. The third-order valence-corrected chi connectivity index (χ3v) is 3.07. The minimum Gasteiger partial charge on any atom is -0.480 e. The standard InChI is InChI=1S/C16H22N2O4/c1-2-10-17-14(19)8-9-15(20)18-13(16(21)22)11-12-6-4-3-5-7-12/h3-7,13H,2,8-11H2,1H3,(H,17,19)(H,18,20)(H,21,22). The molecule has 0 heterocycles. The molecule has 1 rings (SSSR count). The van der Waals surface area contributed by atoms with Crippen LogP contribution in [0.15, 0.2) is 30.3 Å². The minimum absolute atomic E-state index is 0.0197. The Morgan fingerprint density at radius 2 is 1.73 bits per heavy atom. The highest BCUT2D eigenvalue weighted by Crippen LogP contribution is 2.04. The number of carbonyl (C=O) groups excluding carboxylic acids is 2. The Morgan fingerprint density at radius 3 is 2.32 bits per heavy atom. The van der Waals surface area contributed by atoms with Gasteiger partial charge in [0.15, 0.2) is 0 Å². The molecule has 0 fully saturated rings. The SMILES string of the molecule is CCCNC(=O)CCC(=O)NC(Cc1ccccc1)C(=O)O. The fourth-order valence-corrected chi connectivity index (χ4v) is 1.90. The maximum atomic E-state index is 11.8. The molecule has 0 aliphatic heterocycles. The fourth-order valence-electron chi connectivity index (χ4n) is 1.90. The number of benzene rings is 1. The van der Waals surface area contributed by atoms with E-state index in [1.807, 2.05) is 25.1 Å². The maximum absolute atomic E-state index is 11.8. The molecule has 3 N–H and O–H groups in total. The highest BCUT2D eigenvalue weighted by Gasteiger charge is 2.20. The summed E-state index contributed by atoms with van der Waals surface area (Å²) in [5.41, 5.74) is 0.830. The lowest BCUT2D eigenvalue weighted by Crippen LogP contribution is -2.42. The van der Waals surface area contributed by atoms with E-state index >= 15 is 0 Å². The molecular formula is C16H22N2O4. The molecular weight excluding hydrogens is 284 g/mol. The van der Waals surface area contributed by atoms with E-state index < -0.39 is 17.9 Å². The van der Waals surface area contributed by atoms with Crippen molar-refractivity contribution in [3.8, 4) is 0 Å². The van der Waals surface area contributed by atoms with Crippen LogP contribution in [0, 0.1) is 0 Å². The molecule has 6 nitrogen and oxygen atoms in total. The number of hydrogen-bond acceptors (Lipinski definition) is 3. The largest absolute Gasteiger partial charge is 0.480 e. The molecule has 0 bridgehead atoms. The van der Waals surface area contributed by atoms with Crippen LogP contribution < -0.4 is 10.6 Å². The normalized spacial score (nSPS) is 11.5. The van der Waals surface area contributed by atoms with Crippen LogP contribution in [0.25, 0.3) is 0 Å².